The van der Waals surface area contributed by atoms with E-state index in [1.165, 1.54) is 0 Å². The van der Waals surface area contributed by atoms with Gasteiger partial charge in [0.25, 0.3) is 0 Å². The number of piperidine rings is 1. The number of carbonyl (C=O) groups is 1. The summed E-state index contributed by atoms with van der Waals surface area (Å²) in [4.78, 5) is 28.1. The predicted octanol–water partition coefficient (Wildman–Crippen LogP) is 3.63. The monoisotopic (exact) mass is 423 g/mol. The van der Waals surface area contributed by atoms with Crippen LogP contribution < -0.4 is 9.64 Å². The molecule has 0 radical (unpaired) electrons. The van der Waals surface area contributed by atoms with Crippen molar-refractivity contribution in [3.05, 3.63) is 41.9 Å². The van der Waals surface area contributed by atoms with Crippen LogP contribution in [0, 0.1) is 12.8 Å². The van der Waals surface area contributed by atoms with Crippen LogP contribution in [0.25, 0.3) is 11.3 Å². The van der Waals surface area contributed by atoms with Crippen LogP contribution in [0.2, 0.25) is 0 Å². The molecule has 1 fully saturated rings. The number of imidazole rings is 1. The largest absolute Gasteiger partial charge is 0.493 e. The summed E-state index contributed by atoms with van der Waals surface area (Å²) in [5, 5.41) is 0. The molecule has 8 nitrogen and oxygen atoms in total. The van der Waals surface area contributed by atoms with E-state index in [0.717, 1.165) is 43.1 Å². The number of nitrogens with zero attached hydrogens (tertiary/aromatic N) is 5. The highest BCUT2D eigenvalue weighted by Crippen LogP contribution is 2.25. The first-order valence-corrected chi connectivity index (χ1v) is 10.9. The fourth-order valence-corrected chi connectivity index (χ4v) is 4.02. The molecule has 2 aromatic heterocycles. The Labute approximate surface area is 182 Å². The van der Waals surface area contributed by atoms with E-state index in [1.54, 1.807) is 17.7 Å². The molecule has 0 saturated carbocycles. The van der Waals surface area contributed by atoms with Gasteiger partial charge in [0, 0.05) is 25.6 Å². The summed E-state index contributed by atoms with van der Waals surface area (Å²) in [7, 11) is 0. The van der Waals surface area contributed by atoms with Gasteiger partial charge in [0.15, 0.2) is 11.3 Å². The van der Waals surface area contributed by atoms with Gasteiger partial charge in [-0.25, -0.2) is 19.7 Å². The van der Waals surface area contributed by atoms with Crippen molar-refractivity contribution in [3.63, 3.8) is 0 Å². The topological polar surface area (TPSA) is 82.4 Å². The van der Waals surface area contributed by atoms with Gasteiger partial charge in [-0.2, -0.15) is 0 Å². The molecule has 3 aromatic rings. The number of anilines is 1. The number of carbonyl (C=O) groups excluding carboxylic acids is 1. The first-order chi connectivity index (χ1) is 15.1. The summed E-state index contributed by atoms with van der Waals surface area (Å²) in [6.07, 6.45) is 3.94. The SMILES string of the molecule is CCOC(=O)c1nc2ncc(N3CCCC(COc4ccccc4C)C3)nc2n1CC. The zero-order valence-corrected chi connectivity index (χ0v) is 18.4. The van der Waals surface area contributed by atoms with Gasteiger partial charge >= 0.3 is 5.97 Å². The minimum atomic E-state index is -0.447. The molecule has 0 aliphatic carbocycles. The number of hydrogen-bond donors (Lipinski definition) is 0. The van der Waals surface area contributed by atoms with Gasteiger partial charge in [-0.15, -0.1) is 0 Å². The number of benzene rings is 1. The Morgan fingerprint density at radius 2 is 2.06 bits per heavy atom. The number of ether oxygens (including phenoxy) is 2. The average molecular weight is 424 g/mol. The summed E-state index contributed by atoms with van der Waals surface area (Å²) in [5.74, 6) is 1.96. The second-order valence-corrected chi connectivity index (χ2v) is 7.81. The van der Waals surface area contributed by atoms with Crippen molar-refractivity contribution in [2.24, 2.45) is 5.92 Å². The molecule has 31 heavy (non-hydrogen) atoms. The smallest absolute Gasteiger partial charge is 0.374 e. The lowest BCUT2D eigenvalue weighted by Crippen LogP contribution is -2.38. The number of fused-ring (bicyclic) bond motifs is 1. The molecule has 0 spiro atoms. The van der Waals surface area contributed by atoms with Gasteiger partial charge in [0.2, 0.25) is 5.82 Å². The van der Waals surface area contributed by atoms with Crippen LogP contribution in [0.5, 0.6) is 5.75 Å². The van der Waals surface area contributed by atoms with Crippen LogP contribution in [0.3, 0.4) is 0 Å². The van der Waals surface area contributed by atoms with E-state index in [9.17, 15) is 4.79 Å². The van der Waals surface area contributed by atoms with E-state index >= 15 is 0 Å². The molecule has 1 atom stereocenters. The summed E-state index contributed by atoms with van der Waals surface area (Å²) in [6, 6.07) is 8.10. The van der Waals surface area contributed by atoms with Crippen molar-refractivity contribution >= 4 is 23.1 Å². The maximum Gasteiger partial charge on any atom is 0.374 e. The summed E-state index contributed by atoms with van der Waals surface area (Å²) in [6.45, 7) is 9.13. The summed E-state index contributed by atoms with van der Waals surface area (Å²) >= 11 is 0. The third-order valence-corrected chi connectivity index (χ3v) is 5.63. The van der Waals surface area contributed by atoms with Crippen LogP contribution in [0.4, 0.5) is 5.82 Å². The Balaban J connectivity index is 1.51. The maximum absolute atomic E-state index is 12.3. The van der Waals surface area contributed by atoms with E-state index in [1.807, 2.05) is 25.1 Å². The number of rotatable bonds is 7. The van der Waals surface area contributed by atoms with Gasteiger partial charge in [-0.1, -0.05) is 18.2 Å². The van der Waals surface area contributed by atoms with Crippen molar-refractivity contribution in [2.45, 2.75) is 40.2 Å². The Hall–Kier alpha value is -3.16. The molecule has 1 aromatic carbocycles. The number of aromatic nitrogens is 4. The Morgan fingerprint density at radius 3 is 2.84 bits per heavy atom. The molecular weight excluding hydrogens is 394 g/mol. The summed E-state index contributed by atoms with van der Waals surface area (Å²) in [5.41, 5.74) is 2.23. The van der Waals surface area contributed by atoms with Gasteiger partial charge in [0.05, 0.1) is 19.4 Å². The normalized spacial score (nSPS) is 16.5. The Kier molecular flexibility index (Phi) is 6.34. The number of para-hydroxylation sites is 1. The molecule has 0 bridgehead atoms. The Bertz CT molecular complexity index is 1060. The molecule has 3 heterocycles. The van der Waals surface area contributed by atoms with Crippen molar-refractivity contribution in [2.75, 3.05) is 31.2 Å². The highest BCUT2D eigenvalue weighted by atomic mass is 16.5. The van der Waals surface area contributed by atoms with Crippen LogP contribution in [-0.4, -0.2) is 51.8 Å². The van der Waals surface area contributed by atoms with Gasteiger partial charge in [-0.3, -0.25) is 0 Å². The quantitative estimate of drug-likeness (QED) is 0.537. The number of aryl methyl sites for hydroxylation is 2. The zero-order valence-electron chi connectivity index (χ0n) is 18.4. The van der Waals surface area contributed by atoms with Gasteiger partial charge in [-0.05, 0) is 45.2 Å². The first kappa shape index (κ1) is 21.1. The molecule has 1 saturated heterocycles. The highest BCUT2D eigenvalue weighted by Gasteiger charge is 2.24. The predicted molar refractivity (Wildman–Crippen MR) is 119 cm³/mol. The number of esters is 1. The molecule has 1 unspecified atom stereocenters. The molecule has 0 amide bonds. The lowest BCUT2D eigenvalue weighted by Gasteiger charge is -2.33. The van der Waals surface area contributed by atoms with Gasteiger partial charge in [0.1, 0.15) is 11.6 Å². The molecular formula is C23H29N5O3. The molecule has 164 valence electrons. The zero-order chi connectivity index (χ0) is 21.8. The second-order valence-electron chi connectivity index (χ2n) is 7.81. The van der Waals surface area contributed by atoms with E-state index < -0.39 is 5.97 Å². The minimum absolute atomic E-state index is 0.250. The maximum atomic E-state index is 12.3. The van der Waals surface area contributed by atoms with E-state index in [2.05, 4.69) is 27.9 Å². The van der Waals surface area contributed by atoms with E-state index in [0.29, 0.717) is 37.0 Å². The van der Waals surface area contributed by atoms with Crippen LogP contribution >= 0.6 is 0 Å². The fourth-order valence-electron chi connectivity index (χ4n) is 4.02. The molecule has 0 N–H and O–H groups in total. The fraction of sp³-hybridized carbons (Fsp3) is 0.478. The average Bonchev–Trinajstić information content (AvgIpc) is 3.17. The summed E-state index contributed by atoms with van der Waals surface area (Å²) < 4.78 is 13.0. The van der Waals surface area contributed by atoms with Crippen LogP contribution in [0.1, 0.15) is 42.9 Å². The van der Waals surface area contributed by atoms with Crippen molar-refractivity contribution < 1.29 is 14.3 Å². The number of hydrogen-bond acceptors (Lipinski definition) is 7. The van der Waals surface area contributed by atoms with Crippen molar-refractivity contribution in [3.8, 4) is 5.75 Å². The van der Waals surface area contributed by atoms with Gasteiger partial charge < -0.3 is 18.9 Å². The Morgan fingerprint density at radius 1 is 1.23 bits per heavy atom. The molecule has 1 aliphatic heterocycles. The third kappa shape index (κ3) is 4.47. The highest BCUT2D eigenvalue weighted by molar-refractivity contribution is 5.89. The third-order valence-electron chi connectivity index (χ3n) is 5.63. The molecule has 1 aliphatic rings. The van der Waals surface area contributed by atoms with Crippen LogP contribution in [0.15, 0.2) is 30.5 Å². The lowest BCUT2D eigenvalue weighted by atomic mass is 9.99. The van der Waals surface area contributed by atoms with E-state index in [4.69, 9.17) is 14.5 Å². The lowest BCUT2D eigenvalue weighted by molar-refractivity contribution is 0.0507. The first-order valence-electron chi connectivity index (χ1n) is 10.9. The standard InChI is InChI=1S/C23H29N5O3/c1-4-28-21-20(26-22(28)23(29)30-5-2)24-13-19(25-21)27-12-8-10-17(14-27)15-31-18-11-7-6-9-16(18)3/h6-7,9,11,13,17H,4-5,8,10,12,14-15H2,1-3H3. The molecule has 4 rings (SSSR count). The molecule has 8 heteroatoms. The van der Waals surface area contributed by atoms with E-state index in [-0.39, 0.29) is 5.82 Å². The van der Waals surface area contributed by atoms with Crippen LogP contribution in [-0.2, 0) is 11.3 Å². The minimum Gasteiger partial charge on any atom is -0.493 e. The van der Waals surface area contributed by atoms with Crippen molar-refractivity contribution in [1.29, 1.82) is 0 Å². The second kappa shape index (κ2) is 9.32. The van der Waals surface area contributed by atoms with Crippen molar-refractivity contribution in [1.82, 2.24) is 19.5 Å².